The summed E-state index contributed by atoms with van der Waals surface area (Å²) >= 11 is 0. The number of nitrogens with zero attached hydrogens (tertiary/aromatic N) is 2. The lowest BCUT2D eigenvalue weighted by Crippen LogP contribution is -2.17. The van der Waals surface area contributed by atoms with E-state index in [-0.39, 0.29) is 11.8 Å². The Kier molecular flexibility index (Phi) is 5.43. The number of hydrogen-bond donors (Lipinski definition) is 2. The Morgan fingerprint density at radius 2 is 1.80 bits per heavy atom. The molecule has 30 heavy (non-hydrogen) atoms. The molecule has 0 saturated heterocycles. The van der Waals surface area contributed by atoms with Crippen molar-refractivity contribution >= 4 is 23.1 Å². The summed E-state index contributed by atoms with van der Waals surface area (Å²) in [6.07, 6.45) is 3.84. The second kappa shape index (κ2) is 8.48. The van der Waals surface area contributed by atoms with Crippen LogP contribution in [0.5, 0.6) is 5.75 Å². The number of rotatable bonds is 6. The fourth-order valence-corrected chi connectivity index (χ4v) is 2.99. The topological polar surface area (TPSA) is 84.7 Å². The molecule has 2 amide bonds. The Balaban J connectivity index is 1.40. The number of ether oxygens (including phenoxy) is 1. The quantitative estimate of drug-likeness (QED) is 0.519. The molecule has 0 aliphatic rings. The van der Waals surface area contributed by atoms with Gasteiger partial charge in [-0.25, -0.2) is 4.98 Å². The number of carbonyl (C=O) groups is 2. The van der Waals surface area contributed by atoms with Crippen molar-refractivity contribution in [3.63, 3.8) is 0 Å². The smallest absolute Gasteiger partial charge is 0.255 e. The Labute approximate surface area is 173 Å². The summed E-state index contributed by atoms with van der Waals surface area (Å²) < 4.78 is 7.75. The third-order valence-electron chi connectivity index (χ3n) is 4.53. The van der Waals surface area contributed by atoms with Crippen LogP contribution in [0.25, 0.3) is 5.65 Å². The minimum absolute atomic E-state index is 0.177. The van der Waals surface area contributed by atoms with Crippen molar-refractivity contribution in [2.45, 2.75) is 6.61 Å². The van der Waals surface area contributed by atoms with Crippen molar-refractivity contribution in [3.8, 4) is 5.75 Å². The third-order valence-corrected chi connectivity index (χ3v) is 4.53. The van der Waals surface area contributed by atoms with Crippen LogP contribution < -0.4 is 15.4 Å². The molecule has 0 aliphatic carbocycles. The SMILES string of the molecule is CNC(=O)c1ccc(NC(=O)c2cccc(OCc3cn4ccccc4n3)c2)cc1. The molecule has 4 aromatic rings. The van der Waals surface area contributed by atoms with Gasteiger partial charge in [-0.15, -0.1) is 0 Å². The monoisotopic (exact) mass is 400 g/mol. The molecule has 0 fully saturated rings. The number of benzene rings is 2. The van der Waals surface area contributed by atoms with Crippen LogP contribution in [0.3, 0.4) is 0 Å². The molecular formula is C23H20N4O3. The zero-order valence-electron chi connectivity index (χ0n) is 16.3. The van der Waals surface area contributed by atoms with Crippen LogP contribution >= 0.6 is 0 Å². The molecule has 0 saturated carbocycles. The lowest BCUT2D eigenvalue weighted by molar-refractivity contribution is 0.0962. The average Bonchev–Trinajstić information content (AvgIpc) is 3.21. The minimum atomic E-state index is -0.263. The molecule has 4 rings (SSSR count). The summed E-state index contributed by atoms with van der Waals surface area (Å²) in [7, 11) is 1.57. The van der Waals surface area contributed by atoms with E-state index in [1.807, 2.05) is 35.0 Å². The van der Waals surface area contributed by atoms with Crippen molar-refractivity contribution in [1.29, 1.82) is 0 Å². The number of imidazole rings is 1. The van der Waals surface area contributed by atoms with Crippen molar-refractivity contribution in [3.05, 3.63) is 95.9 Å². The number of anilines is 1. The van der Waals surface area contributed by atoms with Gasteiger partial charge in [-0.2, -0.15) is 0 Å². The van der Waals surface area contributed by atoms with E-state index in [0.29, 0.717) is 29.2 Å². The molecule has 2 heterocycles. The first kappa shape index (κ1) is 19.2. The highest BCUT2D eigenvalue weighted by atomic mass is 16.5. The van der Waals surface area contributed by atoms with E-state index < -0.39 is 0 Å². The van der Waals surface area contributed by atoms with Crippen LogP contribution in [0.15, 0.2) is 79.1 Å². The highest BCUT2D eigenvalue weighted by Crippen LogP contribution is 2.17. The van der Waals surface area contributed by atoms with Crippen LogP contribution in [-0.2, 0) is 6.61 Å². The van der Waals surface area contributed by atoms with Gasteiger partial charge in [0.05, 0.1) is 5.69 Å². The van der Waals surface area contributed by atoms with Crippen molar-refractivity contribution in [2.75, 3.05) is 12.4 Å². The van der Waals surface area contributed by atoms with Crippen molar-refractivity contribution < 1.29 is 14.3 Å². The van der Waals surface area contributed by atoms with Crippen molar-refractivity contribution in [2.24, 2.45) is 0 Å². The molecule has 0 atom stereocenters. The van der Waals surface area contributed by atoms with Crippen LogP contribution in [0.2, 0.25) is 0 Å². The summed E-state index contributed by atoms with van der Waals surface area (Å²) in [5.74, 6) is 0.138. The van der Waals surface area contributed by atoms with Crippen LogP contribution in [0, 0.1) is 0 Å². The summed E-state index contributed by atoms with van der Waals surface area (Å²) in [6.45, 7) is 0.299. The van der Waals surface area contributed by atoms with E-state index in [0.717, 1.165) is 11.3 Å². The van der Waals surface area contributed by atoms with E-state index in [1.54, 1.807) is 55.6 Å². The zero-order chi connectivity index (χ0) is 20.9. The maximum atomic E-state index is 12.6. The zero-order valence-corrected chi connectivity index (χ0v) is 16.3. The molecule has 7 heteroatoms. The van der Waals surface area contributed by atoms with Gasteiger partial charge in [0.25, 0.3) is 11.8 Å². The number of carbonyl (C=O) groups excluding carboxylic acids is 2. The molecule has 0 spiro atoms. The molecule has 0 unspecified atom stereocenters. The van der Waals surface area contributed by atoms with Crippen LogP contribution in [0.4, 0.5) is 5.69 Å². The maximum Gasteiger partial charge on any atom is 0.255 e. The number of hydrogen-bond acceptors (Lipinski definition) is 4. The van der Waals surface area contributed by atoms with Gasteiger partial charge in [0.2, 0.25) is 0 Å². The molecule has 0 bridgehead atoms. The number of aromatic nitrogens is 2. The highest BCUT2D eigenvalue weighted by molar-refractivity contribution is 6.04. The molecule has 7 nitrogen and oxygen atoms in total. The van der Waals surface area contributed by atoms with Gasteiger partial charge in [0.15, 0.2) is 0 Å². The Morgan fingerprint density at radius 1 is 0.967 bits per heavy atom. The number of nitrogens with one attached hydrogen (secondary N) is 2. The summed E-state index contributed by atoms with van der Waals surface area (Å²) in [6, 6.07) is 19.4. The Bertz CT molecular complexity index is 1170. The van der Waals surface area contributed by atoms with Gasteiger partial charge >= 0.3 is 0 Å². The predicted molar refractivity (Wildman–Crippen MR) is 114 cm³/mol. The van der Waals surface area contributed by atoms with Gasteiger partial charge in [0, 0.05) is 36.3 Å². The largest absolute Gasteiger partial charge is 0.487 e. The molecular weight excluding hydrogens is 380 g/mol. The summed E-state index contributed by atoms with van der Waals surface area (Å²) in [4.78, 5) is 28.7. The second-order valence-electron chi connectivity index (χ2n) is 6.63. The number of pyridine rings is 1. The molecule has 2 aromatic carbocycles. The van der Waals surface area contributed by atoms with E-state index in [9.17, 15) is 9.59 Å². The van der Waals surface area contributed by atoms with E-state index in [2.05, 4.69) is 15.6 Å². The number of fused-ring (bicyclic) bond motifs is 1. The Morgan fingerprint density at radius 3 is 2.57 bits per heavy atom. The summed E-state index contributed by atoms with van der Waals surface area (Å²) in [5, 5.41) is 5.38. The van der Waals surface area contributed by atoms with Gasteiger partial charge < -0.3 is 19.8 Å². The fraction of sp³-hybridized carbons (Fsp3) is 0.0870. The molecule has 150 valence electrons. The second-order valence-corrected chi connectivity index (χ2v) is 6.63. The Hall–Kier alpha value is -4.13. The first-order valence-corrected chi connectivity index (χ1v) is 9.41. The van der Waals surface area contributed by atoms with Gasteiger partial charge in [-0.3, -0.25) is 9.59 Å². The van der Waals surface area contributed by atoms with E-state index in [1.165, 1.54) is 0 Å². The maximum absolute atomic E-state index is 12.6. The van der Waals surface area contributed by atoms with E-state index in [4.69, 9.17) is 4.74 Å². The van der Waals surface area contributed by atoms with Gasteiger partial charge in [0.1, 0.15) is 18.0 Å². The number of amides is 2. The predicted octanol–water partition coefficient (Wildman–Crippen LogP) is 3.53. The average molecular weight is 400 g/mol. The summed E-state index contributed by atoms with van der Waals surface area (Å²) in [5.41, 5.74) is 3.25. The van der Waals surface area contributed by atoms with Gasteiger partial charge in [-0.05, 0) is 54.6 Å². The van der Waals surface area contributed by atoms with Crippen molar-refractivity contribution in [1.82, 2.24) is 14.7 Å². The van der Waals surface area contributed by atoms with Crippen LogP contribution in [0.1, 0.15) is 26.4 Å². The normalized spacial score (nSPS) is 10.6. The third kappa shape index (κ3) is 4.30. The standard InChI is InChI=1S/C23H20N4O3/c1-24-22(28)16-8-10-18(11-9-16)26-23(29)17-5-4-6-20(13-17)30-15-19-14-27-12-3-2-7-21(27)25-19/h2-14H,15H2,1H3,(H,24,28)(H,26,29). The first-order chi connectivity index (χ1) is 14.6. The molecule has 0 radical (unpaired) electrons. The molecule has 0 aliphatic heterocycles. The minimum Gasteiger partial charge on any atom is -0.487 e. The lowest BCUT2D eigenvalue weighted by atomic mass is 10.1. The van der Waals surface area contributed by atoms with Crippen LogP contribution in [-0.4, -0.2) is 28.2 Å². The molecule has 2 N–H and O–H groups in total. The van der Waals surface area contributed by atoms with E-state index >= 15 is 0 Å². The van der Waals surface area contributed by atoms with Gasteiger partial charge in [-0.1, -0.05) is 12.1 Å². The fourth-order valence-electron chi connectivity index (χ4n) is 2.99. The molecule has 2 aromatic heterocycles. The highest BCUT2D eigenvalue weighted by Gasteiger charge is 2.09. The lowest BCUT2D eigenvalue weighted by Gasteiger charge is -2.08. The first-order valence-electron chi connectivity index (χ1n) is 9.41.